The molecule has 130 valence electrons. The molecule has 0 aliphatic heterocycles. The molecule has 8 heteroatoms. The van der Waals surface area contributed by atoms with Gasteiger partial charge >= 0.3 is 0 Å². The lowest BCUT2D eigenvalue weighted by Crippen LogP contribution is -2.07. The van der Waals surface area contributed by atoms with Crippen LogP contribution in [-0.2, 0) is 9.84 Å². The number of fused-ring (bicyclic) bond motifs is 1. The third-order valence-electron chi connectivity index (χ3n) is 4.01. The fraction of sp³-hybridized carbons (Fsp3) is 0.0556. The number of sulfone groups is 1. The monoisotopic (exact) mass is 476 g/mol. The minimum absolute atomic E-state index is 0.0663. The van der Waals surface area contributed by atoms with Crippen molar-refractivity contribution in [2.75, 3.05) is 0 Å². The Morgan fingerprint density at radius 2 is 1.88 bits per heavy atom. The van der Waals surface area contributed by atoms with E-state index in [1.54, 1.807) is 36.8 Å². The molecule has 0 bridgehead atoms. The molecule has 0 aliphatic rings. The molecular formula is C18H13IN4O2S. The molecule has 0 fully saturated rings. The summed E-state index contributed by atoms with van der Waals surface area (Å²) in [5, 5.41) is -0.0663. The predicted molar refractivity (Wildman–Crippen MR) is 106 cm³/mol. The first-order valence-electron chi connectivity index (χ1n) is 7.72. The van der Waals surface area contributed by atoms with Crippen molar-refractivity contribution in [2.24, 2.45) is 0 Å². The van der Waals surface area contributed by atoms with Gasteiger partial charge in [-0.15, -0.1) is 0 Å². The molecule has 3 aromatic heterocycles. The zero-order chi connectivity index (χ0) is 18.3. The maximum atomic E-state index is 13.3. The van der Waals surface area contributed by atoms with Gasteiger partial charge in [-0.05, 0) is 58.8 Å². The summed E-state index contributed by atoms with van der Waals surface area (Å²) in [5.74, 6) is 0. The molecule has 0 radical (unpaired) electrons. The summed E-state index contributed by atoms with van der Waals surface area (Å²) >= 11 is 2.10. The molecule has 4 aromatic rings. The van der Waals surface area contributed by atoms with Gasteiger partial charge in [-0.2, -0.15) is 0 Å². The first kappa shape index (κ1) is 17.1. The van der Waals surface area contributed by atoms with Crippen LogP contribution in [0.15, 0.2) is 65.0 Å². The molecule has 0 saturated heterocycles. The van der Waals surface area contributed by atoms with E-state index < -0.39 is 9.84 Å². The van der Waals surface area contributed by atoms with Gasteiger partial charge in [0, 0.05) is 24.2 Å². The van der Waals surface area contributed by atoms with Gasteiger partial charge in [0.15, 0.2) is 10.7 Å². The SMILES string of the molecule is Cc1ccc(-c2ccncc2)c(S(=O)(=O)c2cnc3[nH]cc(I)c3n2)c1. The lowest BCUT2D eigenvalue weighted by atomic mass is 10.1. The van der Waals surface area contributed by atoms with Crippen LogP contribution in [0.1, 0.15) is 5.56 Å². The minimum atomic E-state index is -3.84. The number of pyridine rings is 1. The molecule has 6 nitrogen and oxygen atoms in total. The molecule has 1 aromatic carbocycles. The number of rotatable bonds is 3. The lowest BCUT2D eigenvalue weighted by molar-refractivity contribution is 0.592. The Balaban J connectivity index is 1.95. The van der Waals surface area contributed by atoms with Gasteiger partial charge < -0.3 is 4.98 Å². The van der Waals surface area contributed by atoms with Crippen molar-refractivity contribution in [1.82, 2.24) is 19.9 Å². The van der Waals surface area contributed by atoms with E-state index in [9.17, 15) is 8.42 Å². The lowest BCUT2D eigenvalue weighted by Gasteiger charge is -2.11. The number of aromatic nitrogens is 4. The summed E-state index contributed by atoms with van der Waals surface area (Å²) in [5.41, 5.74) is 3.36. The Morgan fingerprint density at radius 3 is 2.65 bits per heavy atom. The summed E-state index contributed by atoms with van der Waals surface area (Å²) in [4.78, 5) is 15.7. The van der Waals surface area contributed by atoms with Gasteiger partial charge in [0.25, 0.3) is 0 Å². The zero-order valence-electron chi connectivity index (χ0n) is 13.6. The van der Waals surface area contributed by atoms with Crippen molar-refractivity contribution in [1.29, 1.82) is 0 Å². The van der Waals surface area contributed by atoms with Gasteiger partial charge in [0.05, 0.1) is 14.7 Å². The summed E-state index contributed by atoms with van der Waals surface area (Å²) in [6.45, 7) is 1.86. The molecule has 4 rings (SSSR count). The number of aryl methyl sites for hydroxylation is 1. The van der Waals surface area contributed by atoms with Crippen LogP contribution in [0.4, 0.5) is 0 Å². The van der Waals surface area contributed by atoms with Gasteiger partial charge in [0.1, 0.15) is 5.52 Å². The number of hydrogen-bond acceptors (Lipinski definition) is 5. The van der Waals surface area contributed by atoms with Crippen molar-refractivity contribution >= 4 is 43.6 Å². The van der Waals surface area contributed by atoms with Crippen molar-refractivity contribution < 1.29 is 8.42 Å². The highest BCUT2D eigenvalue weighted by Gasteiger charge is 2.25. The van der Waals surface area contributed by atoms with E-state index in [0.29, 0.717) is 16.7 Å². The molecule has 3 heterocycles. The predicted octanol–water partition coefficient (Wildman–Crippen LogP) is 3.77. The van der Waals surface area contributed by atoms with E-state index in [1.807, 2.05) is 19.1 Å². The second kappa shape index (κ2) is 6.44. The van der Waals surface area contributed by atoms with Crippen LogP contribution in [0.25, 0.3) is 22.3 Å². The van der Waals surface area contributed by atoms with Crippen LogP contribution in [0.5, 0.6) is 0 Å². The molecule has 1 N–H and O–H groups in total. The molecule has 0 spiro atoms. The van der Waals surface area contributed by atoms with Crippen LogP contribution in [0, 0.1) is 10.5 Å². The van der Waals surface area contributed by atoms with Crippen molar-refractivity contribution in [3.05, 3.63) is 64.3 Å². The molecule has 26 heavy (non-hydrogen) atoms. The Hall–Kier alpha value is -2.33. The number of benzene rings is 1. The average molecular weight is 476 g/mol. The number of aromatic amines is 1. The third kappa shape index (κ3) is 2.88. The molecule has 0 unspecified atom stereocenters. The fourth-order valence-corrected chi connectivity index (χ4v) is 4.69. The van der Waals surface area contributed by atoms with Gasteiger partial charge in [-0.3, -0.25) is 4.98 Å². The van der Waals surface area contributed by atoms with E-state index in [1.165, 1.54) is 6.20 Å². The number of halogens is 1. The van der Waals surface area contributed by atoms with E-state index in [2.05, 4.69) is 42.5 Å². The normalized spacial score (nSPS) is 11.8. The van der Waals surface area contributed by atoms with Crippen molar-refractivity contribution in [2.45, 2.75) is 16.8 Å². The number of H-pyrrole nitrogens is 1. The second-order valence-electron chi connectivity index (χ2n) is 5.78. The van der Waals surface area contributed by atoms with Crippen LogP contribution < -0.4 is 0 Å². The van der Waals surface area contributed by atoms with Crippen LogP contribution in [-0.4, -0.2) is 28.4 Å². The third-order valence-corrected chi connectivity index (χ3v) is 6.49. The zero-order valence-corrected chi connectivity index (χ0v) is 16.6. The summed E-state index contributed by atoms with van der Waals surface area (Å²) in [6.07, 6.45) is 6.32. The minimum Gasteiger partial charge on any atom is -0.344 e. The molecule has 0 saturated carbocycles. The van der Waals surface area contributed by atoms with E-state index >= 15 is 0 Å². The van der Waals surface area contributed by atoms with E-state index in [0.717, 1.165) is 14.7 Å². The standard InChI is InChI=1S/C18H13IN4O2S/c1-11-2-3-13(12-4-6-20-7-5-12)15(8-11)26(24,25)16-10-22-18-17(23-16)14(19)9-21-18/h2-10H,1H3,(H,21,22). The topological polar surface area (TPSA) is 88.6 Å². The van der Waals surface area contributed by atoms with Crippen LogP contribution in [0.2, 0.25) is 0 Å². The molecule has 0 atom stereocenters. The Labute approximate surface area is 163 Å². The average Bonchev–Trinajstić information content (AvgIpc) is 3.03. The Bertz CT molecular complexity index is 1220. The molecule has 0 amide bonds. The summed E-state index contributed by atoms with van der Waals surface area (Å²) in [6, 6.07) is 8.93. The van der Waals surface area contributed by atoms with Crippen LogP contribution in [0.3, 0.4) is 0 Å². The summed E-state index contributed by atoms with van der Waals surface area (Å²) < 4.78 is 27.5. The highest BCUT2D eigenvalue weighted by atomic mass is 127. The highest BCUT2D eigenvalue weighted by molar-refractivity contribution is 14.1. The number of nitrogens with zero attached hydrogens (tertiary/aromatic N) is 3. The smallest absolute Gasteiger partial charge is 0.226 e. The molecule has 0 aliphatic carbocycles. The van der Waals surface area contributed by atoms with Gasteiger partial charge in [-0.25, -0.2) is 18.4 Å². The number of hydrogen-bond donors (Lipinski definition) is 1. The van der Waals surface area contributed by atoms with Gasteiger partial charge in [-0.1, -0.05) is 12.1 Å². The van der Waals surface area contributed by atoms with Crippen molar-refractivity contribution in [3.8, 4) is 11.1 Å². The number of nitrogens with one attached hydrogen (secondary N) is 1. The maximum Gasteiger partial charge on any atom is 0.226 e. The Kier molecular flexibility index (Phi) is 4.23. The Morgan fingerprint density at radius 1 is 1.12 bits per heavy atom. The van der Waals surface area contributed by atoms with Crippen molar-refractivity contribution in [3.63, 3.8) is 0 Å². The maximum absolute atomic E-state index is 13.3. The van der Waals surface area contributed by atoms with Crippen LogP contribution >= 0.6 is 22.6 Å². The van der Waals surface area contributed by atoms with Gasteiger partial charge in [0.2, 0.25) is 9.84 Å². The first-order chi connectivity index (χ1) is 12.5. The highest BCUT2D eigenvalue weighted by Crippen LogP contribution is 2.32. The largest absolute Gasteiger partial charge is 0.344 e. The second-order valence-corrected chi connectivity index (χ2v) is 8.81. The quantitative estimate of drug-likeness (QED) is 0.455. The molecular weight excluding hydrogens is 463 g/mol. The van der Waals surface area contributed by atoms with E-state index in [4.69, 9.17) is 0 Å². The first-order valence-corrected chi connectivity index (χ1v) is 10.3. The summed E-state index contributed by atoms with van der Waals surface area (Å²) in [7, 11) is -3.84. The van der Waals surface area contributed by atoms with E-state index in [-0.39, 0.29) is 9.92 Å². The fourth-order valence-electron chi connectivity index (χ4n) is 2.71.